The molecule has 0 saturated carbocycles. The van der Waals surface area contributed by atoms with E-state index in [1.807, 2.05) is 32.0 Å². The summed E-state index contributed by atoms with van der Waals surface area (Å²) in [6, 6.07) is 8.06. The van der Waals surface area contributed by atoms with Gasteiger partial charge in [-0.05, 0) is 31.5 Å². The number of nitrogens with one attached hydrogen (secondary N) is 1. The summed E-state index contributed by atoms with van der Waals surface area (Å²) in [5.41, 5.74) is 2.07. The van der Waals surface area contributed by atoms with Crippen LogP contribution in [0.5, 0.6) is 5.75 Å². The summed E-state index contributed by atoms with van der Waals surface area (Å²) >= 11 is 0. The van der Waals surface area contributed by atoms with E-state index in [0.717, 1.165) is 23.5 Å². The maximum atomic E-state index is 5.65. The van der Waals surface area contributed by atoms with E-state index in [0.29, 0.717) is 0 Å². The van der Waals surface area contributed by atoms with Crippen molar-refractivity contribution in [2.45, 2.75) is 26.5 Å². The van der Waals surface area contributed by atoms with Crippen LogP contribution >= 0.6 is 0 Å². The van der Waals surface area contributed by atoms with Crippen LogP contribution in [0.15, 0.2) is 43.0 Å². The standard InChI is InChI=1S/C14H17N3O/c1-11(2)18-14-5-3-4-12(6-14)7-17-13-8-15-10-16-9-13/h3-6,8-11,17H,7H2,1-2H3. The van der Waals surface area contributed by atoms with E-state index in [2.05, 4.69) is 21.4 Å². The van der Waals surface area contributed by atoms with Crippen molar-refractivity contribution in [2.75, 3.05) is 5.32 Å². The third-order valence-electron chi connectivity index (χ3n) is 2.33. The molecule has 1 aromatic carbocycles. The van der Waals surface area contributed by atoms with Crippen molar-refractivity contribution in [1.29, 1.82) is 0 Å². The lowest BCUT2D eigenvalue weighted by atomic mass is 10.2. The van der Waals surface area contributed by atoms with Gasteiger partial charge in [0.05, 0.1) is 24.2 Å². The van der Waals surface area contributed by atoms with Crippen LogP contribution in [0.25, 0.3) is 0 Å². The van der Waals surface area contributed by atoms with E-state index in [4.69, 9.17) is 4.74 Å². The minimum absolute atomic E-state index is 0.190. The average molecular weight is 243 g/mol. The van der Waals surface area contributed by atoms with Gasteiger partial charge in [0, 0.05) is 6.54 Å². The fraction of sp³-hybridized carbons (Fsp3) is 0.286. The summed E-state index contributed by atoms with van der Waals surface area (Å²) in [7, 11) is 0. The molecule has 0 aliphatic heterocycles. The summed E-state index contributed by atoms with van der Waals surface area (Å²) in [6.45, 7) is 4.77. The molecule has 94 valence electrons. The predicted octanol–water partition coefficient (Wildman–Crippen LogP) is 2.88. The van der Waals surface area contributed by atoms with Gasteiger partial charge < -0.3 is 10.1 Å². The zero-order chi connectivity index (χ0) is 12.8. The molecule has 0 aliphatic rings. The zero-order valence-electron chi connectivity index (χ0n) is 10.6. The number of hydrogen-bond donors (Lipinski definition) is 1. The lowest BCUT2D eigenvalue weighted by molar-refractivity contribution is 0.242. The Hall–Kier alpha value is -2.10. The molecule has 0 bridgehead atoms. The van der Waals surface area contributed by atoms with Gasteiger partial charge in [-0.1, -0.05) is 12.1 Å². The van der Waals surface area contributed by atoms with Crippen LogP contribution in [0, 0.1) is 0 Å². The molecule has 2 rings (SSSR count). The second-order valence-corrected chi connectivity index (χ2v) is 4.29. The third kappa shape index (κ3) is 3.73. The highest BCUT2D eigenvalue weighted by Crippen LogP contribution is 2.15. The maximum Gasteiger partial charge on any atom is 0.120 e. The molecule has 2 aromatic rings. The molecule has 4 heteroatoms. The first-order valence-electron chi connectivity index (χ1n) is 5.98. The van der Waals surface area contributed by atoms with Crippen LogP contribution in [0.1, 0.15) is 19.4 Å². The number of rotatable bonds is 5. The zero-order valence-corrected chi connectivity index (χ0v) is 10.6. The van der Waals surface area contributed by atoms with Crippen molar-refractivity contribution in [2.24, 2.45) is 0 Å². The normalized spacial score (nSPS) is 10.4. The summed E-state index contributed by atoms with van der Waals surface area (Å²) < 4.78 is 5.65. The molecular weight excluding hydrogens is 226 g/mol. The van der Waals surface area contributed by atoms with E-state index < -0.39 is 0 Å². The Bertz CT molecular complexity index is 485. The molecule has 0 unspecified atom stereocenters. The van der Waals surface area contributed by atoms with Crippen molar-refractivity contribution in [3.05, 3.63) is 48.5 Å². The highest BCUT2D eigenvalue weighted by atomic mass is 16.5. The van der Waals surface area contributed by atoms with Gasteiger partial charge in [-0.2, -0.15) is 0 Å². The molecule has 0 radical (unpaired) electrons. The van der Waals surface area contributed by atoms with E-state index in [-0.39, 0.29) is 6.10 Å². The minimum Gasteiger partial charge on any atom is -0.491 e. The van der Waals surface area contributed by atoms with Crippen molar-refractivity contribution >= 4 is 5.69 Å². The number of hydrogen-bond acceptors (Lipinski definition) is 4. The average Bonchev–Trinajstić information content (AvgIpc) is 2.37. The molecule has 0 fully saturated rings. The van der Waals surface area contributed by atoms with Gasteiger partial charge >= 0.3 is 0 Å². The molecule has 0 saturated heterocycles. The Balaban J connectivity index is 1.97. The second kappa shape index (κ2) is 6.00. The van der Waals surface area contributed by atoms with Gasteiger partial charge in [0.2, 0.25) is 0 Å². The first-order valence-corrected chi connectivity index (χ1v) is 5.98. The van der Waals surface area contributed by atoms with Gasteiger partial charge in [0.1, 0.15) is 12.1 Å². The summed E-state index contributed by atoms with van der Waals surface area (Å²) in [6.07, 6.45) is 5.21. The molecule has 0 amide bonds. The molecule has 0 atom stereocenters. The lowest BCUT2D eigenvalue weighted by Gasteiger charge is -2.11. The molecule has 1 heterocycles. The fourth-order valence-electron chi connectivity index (χ4n) is 1.60. The van der Waals surface area contributed by atoms with Crippen molar-refractivity contribution < 1.29 is 4.74 Å². The quantitative estimate of drug-likeness (QED) is 0.877. The lowest BCUT2D eigenvalue weighted by Crippen LogP contribution is -2.06. The Labute approximate surface area is 107 Å². The number of ether oxygens (including phenoxy) is 1. The van der Waals surface area contributed by atoms with Crippen LogP contribution in [-0.4, -0.2) is 16.1 Å². The molecule has 0 spiro atoms. The largest absolute Gasteiger partial charge is 0.491 e. The molecule has 1 aromatic heterocycles. The molecule has 18 heavy (non-hydrogen) atoms. The van der Waals surface area contributed by atoms with Gasteiger partial charge in [-0.15, -0.1) is 0 Å². The SMILES string of the molecule is CC(C)Oc1cccc(CNc2cncnc2)c1. The number of benzene rings is 1. The van der Waals surface area contributed by atoms with E-state index in [9.17, 15) is 0 Å². The number of aromatic nitrogens is 2. The third-order valence-corrected chi connectivity index (χ3v) is 2.33. The molecule has 0 aliphatic carbocycles. The Morgan fingerprint density at radius 1 is 1.22 bits per heavy atom. The fourth-order valence-corrected chi connectivity index (χ4v) is 1.60. The molecule has 1 N–H and O–H groups in total. The van der Waals surface area contributed by atoms with Crippen LogP contribution < -0.4 is 10.1 Å². The highest BCUT2D eigenvalue weighted by Gasteiger charge is 1.99. The number of nitrogens with zero attached hydrogens (tertiary/aromatic N) is 2. The van der Waals surface area contributed by atoms with Gasteiger partial charge in [-0.25, -0.2) is 9.97 Å². The Morgan fingerprint density at radius 2 is 2.00 bits per heavy atom. The highest BCUT2D eigenvalue weighted by molar-refractivity contribution is 5.39. The van der Waals surface area contributed by atoms with E-state index in [1.54, 1.807) is 12.4 Å². The van der Waals surface area contributed by atoms with E-state index in [1.165, 1.54) is 6.33 Å². The first-order chi connectivity index (χ1) is 8.74. The monoisotopic (exact) mass is 243 g/mol. The van der Waals surface area contributed by atoms with Gasteiger partial charge in [-0.3, -0.25) is 0 Å². The van der Waals surface area contributed by atoms with Crippen molar-refractivity contribution in [3.63, 3.8) is 0 Å². The van der Waals surface area contributed by atoms with Crippen LogP contribution in [0.4, 0.5) is 5.69 Å². The van der Waals surface area contributed by atoms with E-state index >= 15 is 0 Å². The van der Waals surface area contributed by atoms with Crippen LogP contribution in [-0.2, 0) is 6.54 Å². The van der Waals surface area contributed by atoms with Crippen molar-refractivity contribution in [1.82, 2.24) is 9.97 Å². The van der Waals surface area contributed by atoms with Crippen LogP contribution in [0.3, 0.4) is 0 Å². The minimum atomic E-state index is 0.190. The predicted molar refractivity (Wildman–Crippen MR) is 71.6 cm³/mol. The topological polar surface area (TPSA) is 47.0 Å². The Kier molecular flexibility index (Phi) is 4.12. The Morgan fingerprint density at radius 3 is 2.72 bits per heavy atom. The second-order valence-electron chi connectivity index (χ2n) is 4.29. The maximum absolute atomic E-state index is 5.65. The van der Waals surface area contributed by atoms with Gasteiger partial charge in [0.15, 0.2) is 0 Å². The summed E-state index contributed by atoms with van der Waals surface area (Å²) in [4.78, 5) is 7.91. The van der Waals surface area contributed by atoms with Crippen molar-refractivity contribution in [3.8, 4) is 5.75 Å². The van der Waals surface area contributed by atoms with Gasteiger partial charge in [0.25, 0.3) is 0 Å². The molecule has 4 nitrogen and oxygen atoms in total. The first kappa shape index (κ1) is 12.4. The summed E-state index contributed by atoms with van der Waals surface area (Å²) in [5, 5.41) is 3.26. The summed E-state index contributed by atoms with van der Waals surface area (Å²) in [5.74, 6) is 0.897. The van der Waals surface area contributed by atoms with Crippen LogP contribution in [0.2, 0.25) is 0 Å². The molecular formula is C14H17N3O. The smallest absolute Gasteiger partial charge is 0.120 e. The number of anilines is 1.